The van der Waals surface area contributed by atoms with Crippen molar-refractivity contribution in [3.63, 3.8) is 0 Å². The molecule has 8 N–H and O–H groups in total. The van der Waals surface area contributed by atoms with Crippen LogP contribution in [-0.4, -0.2) is 77.5 Å². The summed E-state index contributed by atoms with van der Waals surface area (Å²) in [5, 5.41) is 19.3. The summed E-state index contributed by atoms with van der Waals surface area (Å²) in [6.07, 6.45) is -0.770. The first kappa shape index (κ1) is 34.7. The van der Waals surface area contributed by atoms with Crippen molar-refractivity contribution in [2.45, 2.75) is 71.0 Å². The number of alkyl carbamates (subject to hydrolysis) is 1. The van der Waals surface area contributed by atoms with Gasteiger partial charge in [0, 0.05) is 11.5 Å². The minimum Gasteiger partial charge on any atom is -0.444 e. The molecule has 0 spiro atoms. The number of aliphatic hydroxyl groups excluding tert-OH is 1. The minimum atomic E-state index is -1.32. The van der Waals surface area contributed by atoms with Gasteiger partial charge in [-0.1, -0.05) is 43.7 Å². The molecule has 40 heavy (non-hydrogen) atoms. The van der Waals surface area contributed by atoms with E-state index in [-0.39, 0.29) is 11.7 Å². The number of hydrazine groups is 1. The Hall–Kier alpha value is -3.36. The van der Waals surface area contributed by atoms with Crippen molar-refractivity contribution in [3.8, 4) is 0 Å². The van der Waals surface area contributed by atoms with Crippen molar-refractivity contribution < 1.29 is 33.8 Å². The van der Waals surface area contributed by atoms with E-state index in [9.17, 15) is 29.1 Å². The van der Waals surface area contributed by atoms with Crippen LogP contribution in [0.5, 0.6) is 0 Å². The van der Waals surface area contributed by atoms with E-state index in [4.69, 9.17) is 10.6 Å². The van der Waals surface area contributed by atoms with Gasteiger partial charge in [-0.25, -0.2) is 10.6 Å². The summed E-state index contributed by atoms with van der Waals surface area (Å²) in [6.45, 7) is 9.32. The molecule has 0 aliphatic heterocycles. The predicted molar refractivity (Wildman–Crippen MR) is 152 cm³/mol. The molecule has 0 saturated carbocycles. The molecule has 0 aliphatic carbocycles. The molecule has 0 fully saturated rings. The third-order valence-electron chi connectivity index (χ3n) is 5.33. The number of hydrogen-bond acceptors (Lipinski definition) is 9. The molecular weight excluding hydrogens is 540 g/mol. The van der Waals surface area contributed by atoms with E-state index in [1.54, 1.807) is 34.6 Å². The monoisotopic (exact) mass is 582 g/mol. The maximum atomic E-state index is 12.9. The number of thioether (sulfide) groups is 1. The van der Waals surface area contributed by atoms with E-state index < -0.39 is 66.6 Å². The second-order valence-corrected chi connectivity index (χ2v) is 11.5. The highest BCUT2D eigenvalue weighted by Crippen LogP contribution is 2.14. The van der Waals surface area contributed by atoms with E-state index in [1.165, 1.54) is 11.8 Å². The lowest BCUT2D eigenvalue weighted by molar-refractivity contribution is -0.132. The summed E-state index contributed by atoms with van der Waals surface area (Å²) < 4.78 is 5.20. The predicted octanol–water partition coefficient (Wildman–Crippen LogP) is -0.154. The van der Waals surface area contributed by atoms with Crippen molar-refractivity contribution in [1.82, 2.24) is 26.7 Å². The molecule has 13 nitrogen and oxygen atoms in total. The van der Waals surface area contributed by atoms with Gasteiger partial charge in [0.25, 0.3) is 5.91 Å². The van der Waals surface area contributed by atoms with Crippen LogP contribution in [0, 0.1) is 12.8 Å². The summed E-state index contributed by atoms with van der Waals surface area (Å²) >= 11 is 1.37. The third kappa shape index (κ3) is 13.1. The largest absolute Gasteiger partial charge is 0.444 e. The quantitative estimate of drug-likeness (QED) is 0.0884. The van der Waals surface area contributed by atoms with Crippen LogP contribution in [0.25, 0.3) is 0 Å². The van der Waals surface area contributed by atoms with E-state index in [1.807, 2.05) is 36.6 Å². The minimum absolute atomic E-state index is 0.136. The Morgan fingerprint density at radius 1 is 0.950 bits per heavy atom. The van der Waals surface area contributed by atoms with Crippen molar-refractivity contribution in [3.05, 3.63) is 35.4 Å². The number of ether oxygens (including phenoxy) is 1. The highest BCUT2D eigenvalue weighted by Gasteiger charge is 2.29. The fourth-order valence-electron chi connectivity index (χ4n) is 3.22. The van der Waals surface area contributed by atoms with Gasteiger partial charge in [-0.2, -0.15) is 11.8 Å². The molecule has 224 valence electrons. The molecule has 0 bridgehead atoms. The number of rotatable bonds is 14. The van der Waals surface area contributed by atoms with Crippen LogP contribution in [0.15, 0.2) is 24.3 Å². The fraction of sp³-hybridized carbons (Fsp3) is 0.577. The van der Waals surface area contributed by atoms with E-state index >= 15 is 0 Å². The van der Waals surface area contributed by atoms with Crippen LogP contribution in [0.2, 0.25) is 0 Å². The number of carbonyl (C=O) groups excluding carboxylic acids is 5. The fourth-order valence-corrected chi connectivity index (χ4v) is 4.24. The zero-order valence-electron chi connectivity index (χ0n) is 23.8. The summed E-state index contributed by atoms with van der Waals surface area (Å²) in [6, 6.07) is 4.45. The second-order valence-electron chi connectivity index (χ2n) is 10.5. The smallest absolute Gasteiger partial charge is 0.408 e. The lowest BCUT2D eigenvalue weighted by atomic mass is 10.0. The molecule has 1 rings (SSSR count). The number of nitrogens with one attached hydrogen (secondary N) is 5. The lowest BCUT2D eigenvalue weighted by Gasteiger charge is -2.25. The van der Waals surface area contributed by atoms with E-state index in [2.05, 4.69) is 21.3 Å². The van der Waals surface area contributed by atoms with Crippen molar-refractivity contribution in [2.24, 2.45) is 11.8 Å². The van der Waals surface area contributed by atoms with Gasteiger partial charge in [-0.3, -0.25) is 24.6 Å². The topological polar surface area (TPSA) is 201 Å². The molecule has 0 unspecified atom stereocenters. The molecular formula is C26H42N6O7S. The standard InChI is InChI=1S/C26H42N6O7S/c1-15(2)21(31-25(38)39-26(4,5)6)24(37)28-11-20(34)29-19(22(35)30-18(12-33)23(36)32-27)14-40-13-17-9-7-16(3)8-10-17/h7-10,15,18-19,21,33H,11-14,27H2,1-6H3,(H,28,37)(H,29,34)(H,30,35)(H,31,38)(H,32,36)/t18-,19-,21-/m0/s1. The zero-order chi connectivity index (χ0) is 30.5. The Labute approximate surface area is 239 Å². The van der Waals surface area contributed by atoms with Gasteiger partial charge in [0.1, 0.15) is 23.7 Å². The maximum Gasteiger partial charge on any atom is 0.408 e. The molecule has 0 aromatic heterocycles. The van der Waals surface area contributed by atoms with Crippen LogP contribution in [0.1, 0.15) is 45.7 Å². The summed E-state index contributed by atoms with van der Waals surface area (Å²) in [4.78, 5) is 62.3. The molecule has 5 amide bonds. The van der Waals surface area contributed by atoms with E-state index in [0.717, 1.165) is 11.1 Å². The zero-order valence-corrected chi connectivity index (χ0v) is 24.6. The Balaban J connectivity index is 2.84. The first-order chi connectivity index (χ1) is 18.7. The van der Waals surface area contributed by atoms with Gasteiger partial charge < -0.3 is 31.1 Å². The highest BCUT2D eigenvalue weighted by atomic mass is 32.2. The Morgan fingerprint density at radius 2 is 1.57 bits per heavy atom. The third-order valence-corrected chi connectivity index (χ3v) is 6.43. The number of nitrogens with two attached hydrogens (primary N) is 1. The lowest BCUT2D eigenvalue weighted by Crippen LogP contribution is -2.58. The number of carbonyl (C=O) groups is 5. The van der Waals surface area contributed by atoms with Crippen LogP contribution in [0.4, 0.5) is 4.79 Å². The van der Waals surface area contributed by atoms with E-state index in [0.29, 0.717) is 5.75 Å². The Kier molecular flexibility index (Phi) is 14.5. The normalized spacial score (nSPS) is 13.4. The number of aliphatic hydroxyl groups is 1. The molecule has 0 heterocycles. The maximum absolute atomic E-state index is 12.9. The molecule has 1 aromatic carbocycles. The van der Waals surface area contributed by atoms with Gasteiger partial charge in [0.2, 0.25) is 17.7 Å². The summed E-state index contributed by atoms with van der Waals surface area (Å²) in [7, 11) is 0. The molecule has 0 saturated heterocycles. The first-order valence-corrected chi connectivity index (χ1v) is 13.9. The van der Waals surface area contributed by atoms with Crippen molar-refractivity contribution >= 4 is 41.5 Å². The first-order valence-electron chi connectivity index (χ1n) is 12.8. The number of hydrogen-bond donors (Lipinski definition) is 7. The number of aryl methyl sites for hydroxylation is 1. The Morgan fingerprint density at radius 3 is 2.10 bits per heavy atom. The van der Waals surface area contributed by atoms with Gasteiger partial charge in [-0.15, -0.1) is 0 Å². The molecule has 3 atom stereocenters. The van der Waals surface area contributed by atoms with Crippen LogP contribution < -0.4 is 32.5 Å². The molecule has 0 aliphatic rings. The number of benzene rings is 1. The molecule has 1 aromatic rings. The highest BCUT2D eigenvalue weighted by molar-refractivity contribution is 7.98. The van der Waals surface area contributed by atoms with Crippen molar-refractivity contribution in [1.29, 1.82) is 0 Å². The summed E-state index contributed by atoms with van der Waals surface area (Å²) in [5.41, 5.74) is 3.22. The second kappa shape index (κ2) is 16.7. The van der Waals surface area contributed by atoms with Crippen LogP contribution in [0.3, 0.4) is 0 Å². The van der Waals surface area contributed by atoms with Crippen LogP contribution in [-0.2, 0) is 29.7 Å². The van der Waals surface area contributed by atoms with Gasteiger partial charge in [0.15, 0.2) is 0 Å². The average molecular weight is 583 g/mol. The van der Waals surface area contributed by atoms with Gasteiger partial charge >= 0.3 is 6.09 Å². The SMILES string of the molecule is Cc1ccc(CSC[C@H](NC(=O)CNC(=O)[C@@H](NC(=O)OC(C)(C)C)C(C)C)C(=O)N[C@@H](CO)C(=O)NN)cc1. The molecule has 0 radical (unpaired) electrons. The number of amides is 5. The van der Waals surface area contributed by atoms with Crippen LogP contribution >= 0.6 is 11.8 Å². The Bertz CT molecular complexity index is 1010. The van der Waals surface area contributed by atoms with Crippen molar-refractivity contribution in [2.75, 3.05) is 18.9 Å². The van der Waals surface area contributed by atoms with Gasteiger partial charge in [0.05, 0.1) is 13.2 Å². The molecule has 14 heteroatoms. The summed E-state index contributed by atoms with van der Waals surface area (Å²) in [5.74, 6) is 2.67. The van der Waals surface area contributed by atoms with Gasteiger partial charge in [-0.05, 0) is 39.2 Å². The average Bonchev–Trinajstić information content (AvgIpc) is 2.87.